The van der Waals surface area contributed by atoms with Gasteiger partial charge in [0, 0.05) is 24.5 Å². The van der Waals surface area contributed by atoms with Crippen molar-refractivity contribution in [1.82, 2.24) is 4.98 Å². The fourth-order valence-corrected chi connectivity index (χ4v) is 2.99. The lowest BCUT2D eigenvalue weighted by molar-refractivity contribution is -0.120. The predicted octanol–water partition coefficient (Wildman–Crippen LogP) is 1.67. The van der Waals surface area contributed by atoms with E-state index >= 15 is 0 Å². The Kier molecular flexibility index (Phi) is 5.76. The summed E-state index contributed by atoms with van der Waals surface area (Å²) in [6.07, 6.45) is 0.654. The summed E-state index contributed by atoms with van der Waals surface area (Å²) in [6.45, 7) is 0.526. The van der Waals surface area contributed by atoms with Crippen LogP contribution in [0.15, 0.2) is 23.6 Å². The lowest BCUT2D eigenvalue weighted by Gasteiger charge is -2.26. The van der Waals surface area contributed by atoms with Crippen molar-refractivity contribution in [2.45, 2.75) is 6.42 Å². The fraction of sp³-hybridized carbons (Fsp3) is 0.267. The van der Waals surface area contributed by atoms with Crippen molar-refractivity contribution in [3.05, 3.63) is 34.3 Å². The van der Waals surface area contributed by atoms with Gasteiger partial charge in [-0.1, -0.05) is 0 Å². The van der Waals surface area contributed by atoms with Crippen LogP contribution in [0, 0.1) is 0 Å². The smallest absolute Gasteiger partial charge is 0.275 e. The first-order valence-corrected chi connectivity index (χ1v) is 7.95. The maximum absolute atomic E-state index is 12.2. The number of hydrogen-bond acceptors (Lipinski definition) is 6. The number of rotatable bonds is 4. The quantitative estimate of drug-likeness (QED) is 0.855. The molecule has 0 spiro atoms. The van der Waals surface area contributed by atoms with Crippen molar-refractivity contribution < 1.29 is 14.3 Å². The van der Waals surface area contributed by atoms with Crippen LogP contribution in [0.1, 0.15) is 15.5 Å². The Morgan fingerprint density at radius 2 is 2.29 bits per heavy atom. The van der Waals surface area contributed by atoms with E-state index in [-0.39, 0.29) is 30.8 Å². The molecular formula is C15H17ClN4O3S. The lowest BCUT2D eigenvalue weighted by Crippen LogP contribution is -2.35. The summed E-state index contributed by atoms with van der Waals surface area (Å²) >= 11 is 1.41. The molecule has 0 saturated heterocycles. The third kappa shape index (κ3) is 3.66. The molecule has 3 N–H and O–H groups in total. The summed E-state index contributed by atoms with van der Waals surface area (Å²) in [6, 6.07) is 5.17. The summed E-state index contributed by atoms with van der Waals surface area (Å²) in [5, 5.41) is 5.32. The van der Waals surface area contributed by atoms with E-state index in [9.17, 15) is 9.59 Å². The number of likely N-dealkylation sites (N-methyl/N-ethyl adjacent to an activating group) is 1. The van der Waals surface area contributed by atoms with Crippen LogP contribution in [-0.4, -0.2) is 37.0 Å². The zero-order chi connectivity index (χ0) is 16.4. The predicted molar refractivity (Wildman–Crippen MR) is 95.4 cm³/mol. The molecule has 7 nitrogen and oxygen atoms in total. The van der Waals surface area contributed by atoms with Gasteiger partial charge in [-0.25, -0.2) is 4.98 Å². The van der Waals surface area contributed by atoms with Gasteiger partial charge in [0.15, 0.2) is 6.61 Å². The van der Waals surface area contributed by atoms with Gasteiger partial charge < -0.3 is 20.7 Å². The third-order valence-electron chi connectivity index (χ3n) is 3.45. The van der Waals surface area contributed by atoms with E-state index in [1.54, 1.807) is 30.6 Å². The topological polar surface area (TPSA) is 97.5 Å². The normalized spacial score (nSPS) is 12.9. The van der Waals surface area contributed by atoms with Crippen LogP contribution in [0.25, 0.3) is 0 Å². The fourth-order valence-electron chi connectivity index (χ4n) is 2.20. The molecule has 0 atom stereocenters. The molecule has 0 radical (unpaired) electrons. The number of nitrogens with two attached hydrogens (primary N) is 1. The van der Waals surface area contributed by atoms with Crippen LogP contribution in [0.4, 0.5) is 11.4 Å². The Morgan fingerprint density at radius 1 is 1.50 bits per heavy atom. The van der Waals surface area contributed by atoms with E-state index in [0.717, 1.165) is 5.01 Å². The highest BCUT2D eigenvalue weighted by atomic mass is 35.5. The van der Waals surface area contributed by atoms with Crippen molar-refractivity contribution in [1.29, 1.82) is 0 Å². The number of aromatic nitrogens is 1. The number of nitrogens with one attached hydrogen (secondary N) is 1. The number of benzene rings is 1. The van der Waals surface area contributed by atoms with Gasteiger partial charge in [0.25, 0.3) is 11.8 Å². The average Bonchev–Trinajstić information content (AvgIpc) is 3.01. The maximum Gasteiger partial charge on any atom is 0.275 e. The molecule has 0 unspecified atom stereocenters. The van der Waals surface area contributed by atoms with Crippen molar-refractivity contribution in [3.8, 4) is 5.75 Å². The Bertz CT molecular complexity index is 765. The maximum atomic E-state index is 12.2. The first kappa shape index (κ1) is 18.2. The van der Waals surface area contributed by atoms with Gasteiger partial charge in [0.05, 0.1) is 10.7 Å². The highest BCUT2D eigenvalue weighted by molar-refractivity contribution is 7.09. The van der Waals surface area contributed by atoms with Crippen LogP contribution < -0.4 is 20.7 Å². The molecule has 0 aliphatic carbocycles. The molecular weight excluding hydrogens is 352 g/mol. The van der Waals surface area contributed by atoms with Crippen LogP contribution in [-0.2, 0) is 11.2 Å². The van der Waals surface area contributed by atoms with Crippen molar-refractivity contribution in [3.63, 3.8) is 0 Å². The molecule has 1 aromatic carbocycles. The molecule has 1 aromatic heterocycles. The molecule has 1 aliphatic heterocycles. The zero-order valence-electron chi connectivity index (χ0n) is 12.9. The summed E-state index contributed by atoms with van der Waals surface area (Å²) < 4.78 is 5.35. The summed E-state index contributed by atoms with van der Waals surface area (Å²) in [5.74, 6) is 0.186. The highest BCUT2D eigenvalue weighted by Crippen LogP contribution is 2.33. The number of hydrogen-bond donors (Lipinski definition) is 2. The second-order valence-electron chi connectivity index (χ2n) is 5.04. The number of anilines is 2. The molecule has 24 heavy (non-hydrogen) atoms. The van der Waals surface area contributed by atoms with Crippen LogP contribution in [0.3, 0.4) is 0 Å². The molecule has 0 saturated carbocycles. The van der Waals surface area contributed by atoms with Crippen LogP contribution in [0.2, 0.25) is 0 Å². The standard InChI is InChI=1S/C15H16N4O3S.ClH/c1-19-11-6-9(2-3-12(11)22-7-14(19)20)17-15(21)10-8-23-13(18-10)4-5-16;/h2-3,6,8H,4-5,7,16H2,1H3,(H,17,21);1H. The molecule has 2 heterocycles. The first-order chi connectivity index (χ1) is 11.1. The largest absolute Gasteiger partial charge is 0.482 e. The minimum absolute atomic E-state index is 0. The van der Waals surface area contributed by atoms with Crippen molar-refractivity contribution in [2.24, 2.45) is 5.73 Å². The number of halogens is 1. The number of thiazole rings is 1. The summed E-state index contributed by atoms with van der Waals surface area (Å²) in [5.41, 5.74) is 7.04. The summed E-state index contributed by atoms with van der Waals surface area (Å²) in [4.78, 5) is 29.7. The van der Waals surface area contributed by atoms with E-state index in [1.807, 2.05) is 0 Å². The number of ether oxygens (including phenoxy) is 1. The van der Waals surface area contributed by atoms with Gasteiger partial charge >= 0.3 is 0 Å². The van der Waals surface area contributed by atoms with Gasteiger partial charge in [-0.05, 0) is 24.7 Å². The second kappa shape index (κ2) is 7.61. The van der Waals surface area contributed by atoms with Gasteiger partial charge in [0.1, 0.15) is 11.4 Å². The lowest BCUT2D eigenvalue weighted by atomic mass is 10.2. The minimum atomic E-state index is -0.296. The Hall–Kier alpha value is -2.16. The van der Waals surface area contributed by atoms with Crippen molar-refractivity contribution in [2.75, 3.05) is 30.4 Å². The average molecular weight is 369 g/mol. The molecule has 9 heteroatoms. The third-order valence-corrected chi connectivity index (χ3v) is 4.35. The minimum Gasteiger partial charge on any atom is -0.482 e. The molecule has 3 rings (SSSR count). The van der Waals surface area contributed by atoms with E-state index < -0.39 is 0 Å². The van der Waals surface area contributed by atoms with Crippen LogP contribution >= 0.6 is 23.7 Å². The second-order valence-corrected chi connectivity index (χ2v) is 5.99. The Labute approximate surface area is 149 Å². The number of carbonyl (C=O) groups excluding carboxylic acids is 2. The number of fused-ring (bicyclic) bond motifs is 1. The summed E-state index contributed by atoms with van der Waals surface area (Å²) in [7, 11) is 1.68. The molecule has 2 amide bonds. The van der Waals surface area contributed by atoms with E-state index in [0.29, 0.717) is 35.8 Å². The first-order valence-electron chi connectivity index (χ1n) is 7.07. The van der Waals surface area contributed by atoms with Crippen molar-refractivity contribution >= 4 is 46.9 Å². The van der Waals surface area contributed by atoms with E-state index in [2.05, 4.69) is 10.3 Å². The Balaban J connectivity index is 0.00000208. The van der Waals surface area contributed by atoms with E-state index in [4.69, 9.17) is 10.5 Å². The van der Waals surface area contributed by atoms with E-state index in [1.165, 1.54) is 16.2 Å². The highest BCUT2D eigenvalue weighted by Gasteiger charge is 2.22. The molecule has 128 valence electrons. The van der Waals surface area contributed by atoms with Gasteiger partial charge in [-0.2, -0.15) is 0 Å². The molecule has 2 aromatic rings. The van der Waals surface area contributed by atoms with Crippen LogP contribution in [0.5, 0.6) is 5.75 Å². The molecule has 0 fully saturated rings. The van der Waals surface area contributed by atoms with Gasteiger partial charge in [0.2, 0.25) is 0 Å². The SMILES string of the molecule is CN1C(=O)COc2ccc(NC(=O)c3csc(CCN)n3)cc21.Cl. The zero-order valence-corrected chi connectivity index (χ0v) is 14.6. The number of amides is 2. The van der Waals surface area contributed by atoms with Gasteiger partial charge in [-0.3, -0.25) is 9.59 Å². The number of nitrogens with zero attached hydrogens (tertiary/aromatic N) is 2. The molecule has 0 bridgehead atoms. The Morgan fingerprint density at radius 3 is 3.04 bits per heavy atom. The van der Waals surface area contributed by atoms with Gasteiger partial charge in [-0.15, -0.1) is 23.7 Å². The number of carbonyl (C=O) groups is 2. The molecule has 1 aliphatic rings. The monoisotopic (exact) mass is 368 g/mol.